The smallest absolute Gasteiger partial charge is 0.337 e. The van der Waals surface area contributed by atoms with Gasteiger partial charge in [-0.1, -0.05) is 6.07 Å². The molecule has 1 amide bonds. The highest BCUT2D eigenvalue weighted by Crippen LogP contribution is 2.27. The van der Waals surface area contributed by atoms with E-state index in [-0.39, 0.29) is 5.56 Å². The minimum Gasteiger partial charge on any atom is -0.478 e. The van der Waals surface area contributed by atoms with Crippen molar-refractivity contribution in [1.29, 1.82) is 0 Å². The number of nitrogens with one attached hydrogen (secondary N) is 1. The van der Waals surface area contributed by atoms with Gasteiger partial charge in [-0.15, -0.1) is 0 Å². The minimum atomic E-state index is -1.08. The summed E-state index contributed by atoms with van der Waals surface area (Å²) in [5.74, 6) is -1.60. The number of benzene rings is 2. The first kappa shape index (κ1) is 13.4. The van der Waals surface area contributed by atoms with E-state index in [1.165, 1.54) is 6.07 Å². The number of nitrogen functional groups attached to an aromatic ring is 1. The number of carboxylic acids is 1. The van der Waals surface area contributed by atoms with Gasteiger partial charge in [0, 0.05) is 11.3 Å². The molecule has 0 radical (unpaired) electrons. The summed E-state index contributed by atoms with van der Waals surface area (Å²) in [7, 11) is 0. The number of nitrogens with two attached hydrogens (primary N) is 2. The predicted octanol–water partition coefficient (Wildman–Crippen LogP) is 1.81. The number of hydrogen-bond donors (Lipinski definition) is 4. The van der Waals surface area contributed by atoms with E-state index in [1.54, 1.807) is 36.4 Å². The molecule has 0 aliphatic rings. The third kappa shape index (κ3) is 2.69. The molecule has 0 aliphatic carbocycles. The van der Waals surface area contributed by atoms with E-state index in [0.717, 1.165) is 0 Å². The summed E-state index contributed by atoms with van der Waals surface area (Å²) < 4.78 is 0. The maximum Gasteiger partial charge on any atom is 0.337 e. The standard InChI is InChI=1S/C14H13N3O3/c15-11-3-1-2-10(14(19)20)12(11)17-9-6-4-8(5-7-9)13(16)18/h1-7,17H,15H2,(H2,16,18)(H,19,20). The highest BCUT2D eigenvalue weighted by molar-refractivity contribution is 5.99. The fraction of sp³-hybridized carbons (Fsp3) is 0. The van der Waals surface area contributed by atoms with Gasteiger partial charge in [0.25, 0.3) is 0 Å². The van der Waals surface area contributed by atoms with E-state index in [4.69, 9.17) is 16.6 Å². The molecule has 2 rings (SSSR count). The Kier molecular flexibility index (Phi) is 3.56. The topological polar surface area (TPSA) is 118 Å². The van der Waals surface area contributed by atoms with Gasteiger partial charge in [0.15, 0.2) is 0 Å². The Morgan fingerprint density at radius 2 is 1.70 bits per heavy atom. The largest absolute Gasteiger partial charge is 0.478 e. The fourth-order valence-corrected chi connectivity index (χ4v) is 1.75. The zero-order valence-corrected chi connectivity index (χ0v) is 10.5. The quantitative estimate of drug-likeness (QED) is 0.632. The lowest BCUT2D eigenvalue weighted by Crippen LogP contribution is -2.10. The lowest BCUT2D eigenvalue weighted by Gasteiger charge is -2.12. The molecular weight excluding hydrogens is 258 g/mol. The molecule has 2 aromatic rings. The van der Waals surface area contributed by atoms with Gasteiger partial charge in [-0.05, 0) is 36.4 Å². The summed E-state index contributed by atoms with van der Waals surface area (Å²) in [5.41, 5.74) is 12.6. The second-order valence-corrected chi connectivity index (χ2v) is 4.14. The van der Waals surface area contributed by atoms with Crippen LogP contribution in [0.3, 0.4) is 0 Å². The van der Waals surface area contributed by atoms with Crippen LogP contribution in [0, 0.1) is 0 Å². The Morgan fingerprint density at radius 1 is 1.05 bits per heavy atom. The highest BCUT2D eigenvalue weighted by Gasteiger charge is 2.12. The van der Waals surface area contributed by atoms with Crippen molar-refractivity contribution in [3.8, 4) is 0 Å². The maximum atomic E-state index is 11.2. The van der Waals surface area contributed by atoms with Crippen molar-refractivity contribution in [2.45, 2.75) is 0 Å². The summed E-state index contributed by atoms with van der Waals surface area (Å²) in [6.07, 6.45) is 0. The first-order valence-corrected chi connectivity index (χ1v) is 5.77. The first-order valence-electron chi connectivity index (χ1n) is 5.77. The first-order chi connectivity index (χ1) is 9.49. The Hall–Kier alpha value is -3.02. The average Bonchev–Trinajstić information content (AvgIpc) is 2.41. The van der Waals surface area contributed by atoms with Gasteiger partial charge in [0.05, 0.1) is 16.9 Å². The molecule has 0 saturated carbocycles. The van der Waals surface area contributed by atoms with Crippen LogP contribution in [0.1, 0.15) is 20.7 Å². The Bertz CT molecular complexity index is 666. The van der Waals surface area contributed by atoms with Gasteiger partial charge in [0.2, 0.25) is 5.91 Å². The van der Waals surface area contributed by atoms with E-state index >= 15 is 0 Å². The Morgan fingerprint density at radius 3 is 2.25 bits per heavy atom. The predicted molar refractivity (Wildman–Crippen MR) is 76.1 cm³/mol. The fourth-order valence-electron chi connectivity index (χ4n) is 1.75. The molecular formula is C14H13N3O3. The minimum absolute atomic E-state index is 0.0731. The van der Waals surface area contributed by atoms with E-state index < -0.39 is 11.9 Å². The van der Waals surface area contributed by atoms with Gasteiger partial charge in [-0.2, -0.15) is 0 Å². The average molecular weight is 271 g/mol. The van der Waals surface area contributed by atoms with Crippen LogP contribution in [-0.4, -0.2) is 17.0 Å². The van der Waals surface area contributed by atoms with E-state index in [0.29, 0.717) is 22.6 Å². The lowest BCUT2D eigenvalue weighted by atomic mass is 10.1. The summed E-state index contributed by atoms with van der Waals surface area (Å²) in [6, 6.07) is 11.0. The lowest BCUT2D eigenvalue weighted by molar-refractivity contribution is 0.0697. The molecule has 6 heteroatoms. The maximum absolute atomic E-state index is 11.2. The number of hydrogen-bond acceptors (Lipinski definition) is 4. The molecule has 0 aromatic heterocycles. The Labute approximate surface area is 115 Å². The SMILES string of the molecule is NC(=O)c1ccc(Nc2c(N)cccc2C(=O)O)cc1. The molecule has 0 fully saturated rings. The normalized spacial score (nSPS) is 10.0. The highest BCUT2D eigenvalue weighted by atomic mass is 16.4. The molecule has 0 atom stereocenters. The molecule has 2 aromatic carbocycles. The zero-order valence-electron chi connectivity index (χ0n) is 10.5. The number of amides is 1. The second-order valence-electron chi connectivity index (χ2n) is 4.14. The third-order valence-electron chi connectivity index (χ3n) is 2.77. The number of rotatable bonds is 4. The van der Waals surface area contributed by atoms with Gasteiger partial charge < -0.3 is 21.9 Å². The van der Waals surface area contributed by atoms with Crippen LogP contribution in [0.15, 0.2) is 42.5 Å². The Balaban J connectivity index is 2.34. The number of carboxylic acid groups (broad SMARTS) is 1. The molecule has 0 aliphatic heterocycles. The second kappa shape index (κ2) is 5.31. The van der Waals surface area contributed by atoms with E-state index in [2.05, 4.69) is 5.32 Å². The summed E-state index contributed by atoms with van der Waals surface area (Å²) in [4.78, 5) is 22.1. The van der Waals surface area contributed by atoms with Gasteiger partial charge in [0.1, 0.15) is 0 Å². The monoisotopic (exact) mass is 271 g/mol. The number of para-hydroxylation sites is 1. The number of primary amides is 1. The summed E-state index contributed by atoms with van der Waals surface area (Å²) in [6.45, 7) is 0. The molecule has 0 spiro atoms. The molecule has 20 heavy (non-hydrogen) atoms. The van der Waals surface area contributed by atoms with Gasteiger partial charge >= 0.3 is 5.97 Å². The molecule has 0 heterocycles. The van der Waals surface area contributed by atoms with Crippen molar-refractivity contribution in [3.63, 3.8) is 0 Å². The van der Waals surface area contributed by atoms with Crippen molar-refractivity contribution in [3.05, 3.63) is 53.6 Å². The number of aromatic carboxylic acids is 1. The zero-order chi connectivity index (χ0) is 14.7. The van der Waals surface area contributed by atoms with Crippen LogP contribution in [0.2, 0.25) is 0 Å². The van der Waals surface area contributed by atoms with Crippen molar-refractivity contribution in [2.24, 2.45) is 5.73 Å². The van der Waals surface area contributed by atoms with Crippen LogP contribution >= 0.6 is 0 Å². The molecule has 0 unspecified atom stereocenters. The van der Waals surface area contributed by atoms with Crippen LogP contribution in [0.5, 0.6) is 0 Å². The third-order valence-corrected chi connectivity index (χ3v) is 2.77. The van der Waals surface area contributed by atoms with Gasteiger partial charge in [-0.25, -0.2) is 4.79 Å². The molecule has 0 saturated heterocycles. The van der Waals surface area contributed by atoms with Crippen molar-refractivity contribution in [1.82, 2.24) is 0 Å². The molecule has 102 valence electrons. The molecule has 6 N–H and O–H groups in total. The van der Waals surface area contributed by atoms with E-state index in [1.807, 2.05) is 0 Å². The summed E-state index contributed by atoms with van der Waals surface area (Å²) in [5, 5.41) is 12.1. The number of anilines is 3. The molecule has 0 bridgehead atoms. The molecule has 6 nitrogen and oxygen atoms in total. The van der Waals surface area contributed by atoms with Crippen molar-refractivity contribution in [2.75, 3.05) is 11.1 Å². The van der Waals surface area contributed by atoms with Crippen molar-refractivity contribution < 1.29 is 14.7 Å². The van der Waals surface area contributed by atoms with Crippen LogP contribution in [0.4, 0.5) is 17.1 Å². The summed E-state index contributed by atoms with van der Waals surface area (Å²) >= 11 is 0. The van der Waals surface area contributed by atoms with Crippen LogP contribution in [0.25, 0.3) is 0 Å². The van der Waals surface area contributed by atoms with Gasteiger partial charge in [-0.3, -0.25) is 4.79 Å². The van der Waals surface area contributed by atoms with Crippen LogP contribution in [-0.2, 0) is 0 Å². The van der Waals surface area contributed by atoms with E-state index in [9.17, 15) is 9.59 Å². The van der Waals surface area contributed by atoms with Crippen LogP contribution < -0.4 is 16.8 Å². The van der Waals surface area contributed by atoms with Crippen molar-refractivity contribution >= 4 is 28.9 Å². The number of carbonyl (C=O) groups is 2. The number of carbonyl (C=O) groups excluding carboxylic acids is 1.